The largest absolute Gasteiger partial charge is 0.357 e. The second-order valence-corrected chi connectivity index (χ2v) is 4.94. The van der Waals surface area contributed by atoms with Gasteiger partial charge in [0.1, 0.15) is 0 Å². The van der Waals surface area contributed by atoms with Crippen molar-refractivity contribution in [3.63, 3.8) is 0 Å². The normalized spacial score (nSPS) is 20.8. The van der Waals surface area contributed by atoms with Crippen molar-refractivity contribution in [2.45, 2.75) is 26.3 Å². The molecule has 0 aromatic heterocycles. The molecule has 1 aromatic carbocycles. The van der Waals surface area contributed by atoms with Crippen LogP contribution < -0.4 is 4.90 Å². The van der Waals surface area contributed by atoms with Crippen LogP contribution in [0.15, 0.2) is 36.9 Å². The van der Waals surface area contributed by atoms with E-state index in [-0.39, 0.29) is 0 Å². The van der Waals surface area contributed by atoms with Gasteiger partial charge in [0.15, 0.2) is 0 Å². The second kappa shape index (κ2) is 5.37. The zero-order valence-corrected chi connectivity index (χ0v) is 10.9. The van der Waals surface area contributed by atoms with E-state index in [4.69, 9.17) is 0 Å². The minimum Gasteiger partial charge on any atom is -0.357 e. The van der Waals surface area contributed by atoms with Crippen molar-refractivity contribution in [1.82, 2.24) is 4.90 Å². The van der Waals surface area contributed by atoms with E-state index in [0.717, 1.165) is 26.2 Å². The Labute approximate surface area is 105 Å². The first kappa shape index (κ1) is 12.2. The summed E-state index contributed by atoms with van der Waals surface area (Å²) in [4.78, 5) is 4.97. The zero-order chi connectivity index (χ0) is 12.3. The Balaban J connectivity index is 2.00. The average molecular weight is 230 g/mol. The third kappa shape index (κ3) is 2.89. The predicted octanol–water partition coefficient (Wildman–Crippen LogP) is 3.04. The predicted molar refractivity (Wildman–Crippen MR) is 74.4 cm³/mol. The molecule has 2 nitrogen and oxygen atoms in total. The molecule has 2 heteroatoms. The van der Waals surface area contributed by atoms with E-state index in [2.05, 4.69) is 54.5 Å². The van der Waals surface area contributed by atoms with E-state index in [9.17, 15) is 0 Å². The average Bonchev–Trinajstić information content (AvgIpc) is 2.69. The van der Waals surface area contributed by atoms with Gasteiger partial charge in [0.25, 0.3) is 0 Å². The molecule has 0 amide bonds. The van der Waals surface area contributed by atoms with Crippen molar-refractivity contribution in [2.24, 2.45) is 0 Å². The maximum atomic E-state index is 3.79. The molecular formula is C15H22N2. The highest BCUT2D eigenvalue weighted by Gasteiger charge is 2.26. The molecule has 17 heavy (non-hydrogen) atoms. The molecule has 1 saturated heterocycles. The van der Waals surface area contributed by atoms with E-state index in [1.807, 2.05) is 6.08 Å². The highest BCUT2D eigenvalue weighted by molar-refractivity contribution is 5.48. The second-order valence-electron chi connectivity index (χ2n) is 4.94. The maximum absolute atomic E-state index is 3.79. The number of aryl methyl sites for hydroxylation is 1. The Bertz CT molecular complexity index is 369. The van der Waals surface area contributed by atoms with Crippen LogP contribution in [-0.2, 0) is 0 Å². The minimum absolute atomic E-state index is 0.635. The monoisotopic (exact) mass is 230 g/mol. The lowest BCUT2D eigenvalue weighted by Crippen LogP contribution is -2.29. The molecule has 0 saturated carbocycles. The summed E-state index contributed by atoms with van der Waals surface area (Å²) in [5, 5.41) is 0. The van der Waals surface area contributed by atoms with Crippen LogP contribution in [0.5, 0.6) is 0 Å². The van der Waals surface area contributed by atoms with Crippen molar-refractivity contribution in [2.75, 3.05) is 24.7 Å². The molecule has 0 N–H and O–H groups in total. The Morgan fingerprint density at radius 2 is 2.06 bits per heavy atom. The number of anilines is 1. The van der Waals surface area contributed by atoms with Crippen LogP contribution in [0.3, 0.4) is 0 Å². The first-order chi connectivity index (χ1) is 8.20. The van der Waals surface area contributed by atoms with Crippen molar-refractivity contribution >= 4 is 5.69 Å². The van der Waals surface area contributed by atoms with Crippen LogP contribution in [0, 0.1) is 6.92 Å². The lowest BCUT2D eigenvalue weighted by atomic mass is 10.2. The molecule has 1 fully saturated rings. The van der Waals surface area contributed by atoms with Crippen LogP contribution in [0.4, 0.5) is 5.69 Å². The van der Waals surface area contributed by atoms with Gasteiger partial charge < -0.3 is 4.90 Å². The van der Waals surface area contributed by atoms with Crippen LogP contribution in [-0.4, -0.2) is 30.7 Å². The number of hydrogen-bond acceptors (Lipinski definition) is 2. The number of nitrogens with zero attached hydrogens (tertiary/aromatic N) is 2. The van der Waals surface area contributed by atoms with E-state index in [0.29, 0.717) is 6.04 Å². The third-order valence-corrected chi connectivity index (χ3v) is 3.48. The summed E-state index contributed by atoms with van der Waals surface area (Å²) < 4.78 is 0. The quantitative estimate of drug-likeness (QED) is 0.734. The van der Waals surface area contributed by atoms with Gasteiger partial charge in [0.05, 0.1) is 6.67 Å². The van der Waals surface area contributed by atoms with Crippen molar-refractivity contribution in [3.8, 4) is 0 Å². The lowest BCUT2D eigenvalue weighted by Gasteiger charge is -2.20. The topological polar surface area (TPSA) is 6.48 Å². The van der Waals surface area contributed by atoms with Gasteiger partial charge in [-0.2, -0.15) is 0 Å². The smallest absolute Gasteiger partial charge is 0.0710 e. The van der Waals surface area contributed by atoms with Crippen molar-refractivity contribution < 1.29 is 0 Å². The molecule has 1 aromatic rings. The van der Waals surface area contributed by atoms with Gasteiger partial charge in [-0.15, -0.1) is 6.58 Å². The summed E-state index contributed by atoms with van der Waals surface area (Å²) in [6, 6.07) is 9.45. The van der Waals surface area contributed by atoms with E-state index < -0.39 is 0 Å². The zero-order valence-electron chi connectivity index (χ0n) is 10.9. The van der Waals surface area contributed by atoms with E-state index >= 15 is 0 Å². The fourth-order valence-electron chi connectivity index (χ4n) is 2.34. The summed E-state index contributed by atoms with van der Waals surface area (Å²) >= 11 is 0. The fraction of sp³-hybridized carbons (Fsp3) is 0.467. The first-order valence-electron chi connectivity index (χ1n) is 6.37. The van der Waals surface area contributed by atoms with E-state index in [1.165, 1.54) is 11.3 Å². The molecular weight excluding hydrogens is 208 g/mol. The highest BCUT2D eigenvalue weighted by atomic mass is 15.4. The van der Waals surface area contributed by atoms with Gasteiger partial charge in [0, 0.05) is 24.8 Å². The van der Waals surface area contributed by atoms with Gasteiger partial charge in [-0.1, -0.05) is 23.8 Å². The molecule has 1 aliphatic rings. The molecule has 1 heterocycles. The van der Waals surface area contributed by atoms with Gasteiger partial charge >= 0.3 is 0 Å². The summed E-state index contributed by atoms with van der Waals surface area (Å²) in [6.45, 7) is 11.5. The van der Waals surface area contributed by atoms with Crippen molar-refractivity contribution in [1.29, 1.82) is 0 Å². The molecule has 1 atom stereocenters. The summed E-state index contributed by atoms with van der Waals surface area (Å²) in [6.07, 6.45) is 3.08. The summed E-state index contributed by atoms with van der Waals surface area (Å²) in [5.74, 6) is 0. The maximum Gasteiger partial charge on any atom is 0.0710 e. The summed E-state index contributed by atoms with van der Waals surface area (Å²) in [7, 11) is 0. The van der Waals surface area contributed by atoms with E-state index in [1.54, 1.807) is 0 Å². The van der Waals surface area contributed by atoms with Crippen LogP contribution >= 0.6 is 0 Å². The Morgan fingerprint density at radius 1 is 1.35 bits per heavy atom. The van der Waals surface area contributed by atoms with Gasteiger partial charge in [-0.3, -0.25) is 4.90 Å². The molecule has 2 rings (SSSR count). The lowest BCUT2D eigenvalue weighted by molar-refractivity contribution is 0.280. The fourth-order valence-corrected chi connectivity index (χ4v) is 2.34. The molecule has 0 radical (unpaired) electrons. The molecule has 1 aliphatic heterocycles. The minimum atomic E-state index is 0.635. The Morgan fingerprint density at radius 3 is 2.71 bits per heavy atom. The van der Waals surface area contributed by atoms with Gasteiger partial charge in [0.2, 0.25) is 0 Å². The highest BCUT2D eigenvalue weighted by Crippen LogP contribution is 2.22. The Kier molecular flexibility index (Phi) is 3.85. The number of benzene rings is 1. The van der Waals surface area contributed by atoms with Crippen molar-refractivity contribution in [3.05, 3.63) is 42.5 Å². The molecule has 1 unspecified atom stereocenters. The van der Waals surface area contributed by atoms with Gasteiger partial charge in [-0.25, -0.2) is 0 Å². The third-order valence-electron chi connectivity index (χ3n) is 3.48. The van der Waals surface area contributed by atoms with Crippen LogP contribution in [0.1, 0.15) is 18.9 Å². The molecule has 0 aliphatic carbocycles. The van der Waals surface area contributed by atoms with Gasteiger partial charge in [-0.05, 0) is 32.4 Å². The standard InChI is InChI=1S/C15H22N2/c1-4-5-10-16-12-17(11-14(16)3)15-8-6-13(2)7-9-15/h4,6-9,14H,1,5,10-12H2,2-3H3. The number of rotatable bonds is 4. The molecule has 0 bridgehead atoms. The molecule has 0 spiro atoms. The van der Waals surface area contributed by atoms with Crippen LogP contribution in [0.2, 0.25) is 0 Å². The first-order valence-corrected chi connectivity index (χ1v) is 6.37. The number of hydrogen-bond donors (Lipinski definition) is 0. The van der Waals surface area contributed by atoms with Crippen LogP contribution in [0.25, 0.3) is 0 Å². The Hall–Kier alpha value is -1.28. The summed E-state index contributed by atoms with van der Waals surface area (Å²) in [5.41, 5.74) is 2.66. The molecule has 92 valence electrons. The SMILES string of the molecule is C=CCCN1CN(c2ccc(C)cc2)CC1C.